The lowest BCUT2D eigenvalue weighted by Gasteiger charge is -2.03. The van der Waals surface area contributed by atoms with Crippen LogP contribution in [-0.4, -0.2) is 5.91 Å². The summed E-state index contributed by atoms with van der Waals surface area (Å²) in [6.45, 7) is 0.0904. The quantitative estimate of drug-likeness (QED) is 0.851. The normalized spacial score (nSPS) is 10.7. The second-order valence-electron chi connectivity index (χ2n) is 4.16. The van der Waals surface area contributed by atoms with E-state index in [9.17, 15) is 13.6 Å². The first-order valence-corrected chi connectivity index (χ1v) is 6.10. The molecule has 1 N–H and O–H groups in total. The van der Waals surface area contributed by atoms with Crippen LogP contribution in [0.3, 0.4) is 0 Å². The molecule has 0 spiro atoms. The zero-order valence-corrected chi connectivity index (χ0v) is 10.6. The number of amides is 1. The fraction of sp³-hybridized carbons (Fsp3) is 0.0625. The van der Waals surface area contributed by atoms with Gasteiger partial charge in [0.1, 0.15) is 11.6 Å². The van der Waals surface area contributed by atoms with Gasteiger partial charge in [0.05, 0.1) is 0 Å². The molecule has 0 heterocycles. The Morgan fingerprint density at radius 1 is 1.00 bits per heavy atom. The Labute approximate surface area is 115 Å². The van der Waals surface area contributed by atoms with E-state index >= 15 is 0 Å². The third kappa shape index (κ3) is 3.75. The van der Waals surface area contributed by atoms with E-state index in [1.807, 2.05) is 0 Å². The number of halogens is 2. The first-order valence-electron chi connectivity index (χ1n) is 6.10. The Morgan fingerprint density at radius 2 is 1.65 bits per heavy atom. The molecule has 20 heavy (non-hydrogen) atoms. The maximum Gasteiger partial charge on any atom is 0.244 e. The van der Waals surface area contributed by atoms with Crippen molar-refractivity contribution in [1.82, 2.24) is 5.32 Å². The van der Waals surface area contributed by atoms with Crippen molar-refractivity contribution < 1.29 is 13.6 Å². The second kappa shape index (κ2) is 6.61. The van der Waals surface area contributed by atoms with Gasteiger partial charge in [-0.3, -0.25) is 4.79 Å². The number of hydrogen-bond donors (Lipinski definition) is 1. The summed E-state index contributed by atoms with van der Waals surface area (Å²) in [6.07, 6.45) is 2.60. The third-order valence-electron chi connectivity index (χ3n) is 2.73. The van der Waals surface area contributed by atoms with Crippen LogP contribution < -0.4 is 5.32 Å². The second-order valence-corrected chi connectivity index (χ2v) is 4.16. The molecular formula is C16H13F2NO. The van der Waals surface area contributed by atoms with Crippen molar-refractivity contribution in [3.8, 4) is 0 Å². The van der Waals surface area contributed by atoms with E-state index in [1.54, 1.807) is 36.4 Å². The predicted molar refractivity (Wildman–Crippen MR) is 73.7 cm³/mol. The highest BCUT2D eigenvalue weighted by Gasteiger charge is 2.02. The first kappa shape index (κ1) is 13.9. The van der Waals surface area contributed by atoms with Gasteiger partial charge in [0, 0.05) is 23.7 Å². The third-order valence-corrected chi connectivity index (χ3v) is 2.73. The summed E-state index contributed by atoms with van der Waals surface area (Å²) in [4.78, 5) is 11.6. The fourth-order valence-corrected chi connectivity index (χ4v) is 1.66. The van der Waals surface area contributed by atoms with Gasteiger partial charge in [-0.15, -0.1) is 0 Å². The highest BCUT2D eigenvalue weighted by molar-refractivity contribution is 5.91. The van der Waals surface area contributed by atoms with Crippen molar-refractivity contribution in [3.63, 3.8) is 0 Å². The molecule has 4 heteroatoms. The fourth-order valence-electron chi connectivity index (χ4n) is 1.66. The summed E-state index contributed by atoms with van der Waals surface area (Å²) in [5, 5.41) is 2.54. The van der Waals surface area contributed by atoms with Crippen molar-refractivity contribution in [1.29, 1.82) is 0 Å². The average Bonchev–Trinajstić information content (AvgIpc) is 2.45. The Hall–Kier alpha value is -2.49. The largest absolute Gasteiger partial charge is 0.348 e. The van der Waals surface area contributed by atoms with Gasteiger partial charge >= 0.3 is 0 Å². The van der Waals surface area contributed by atoms with Crippen LogP contribution in [0.1, 0.15) is 11.1 Å². The van der Waals surface area contributed by atoms with Crippen LogP contribution in [0.5, 0.6) is 0 Å². The Kier molecular flexibility index (Phi) is 4.60. The van der Waals surface area contributed by atoms with Crippen molar-refractivity contribution in [2.24, 2.45) is 0 Å². The Morgan fingerprint density at radius 3 is 2.35 bits per heavy atom. The topological polar surface area (TPSA) is 29.1 Å². The standard InChI is InChI=1S/C16H13F2NO/c17-14-7-3-1-5-12(14)9-10-16(20)19-11-13-6-2-4-8-15(13)18/h1-10H,11H2,(H,19,20). The van der Waals surface area contributed by atoms with Gasteiger partial charge < -0.3 is 5.32 Å². The summed E-state index contributed by atoms with van der Waals surface area (Å²) in [5.74, 6) is -1.17. The smallest absolute Gasteiger partial charge is 0.244 e. The van der Waals surface area contributed by atoms with E-state index in [0.29, 0.717) is 11.1 Å². The van der Waals surface area contributed by atoms with E-state index < -0.39 is 11.7 Å². The molecule has 0 saturated heterocycles. The van der Waals surface area contributed by atoms with E-state index in [2.05, 4.69) is 5.32 Å². The van der Waals surface area contributed by atoms with Crippen molar-refractivity contribution in [2.45, 2.75) is 6.54 Å². The molecule has 0 radical (unpaired) electrons. The molecule has 1 amide bonds. The van der Waals surface area contributed by atoms with Gasteiger partial charge in [0.15, 0.2) is 0 Å². The number of hydrogen-bond acceptors (Lipinski definition) is 1. The zero-order valence-electron chi connectivity index (χ0n) is 10.6. The molecule has 2 nitrogen and oxygen atoms in total. The molecule has 0 aliphatic carbocycles. The highest BCUT2D eigenvalue weighted by Crippen LogP contribution is 2.08. The van der Waals surface area contributed by atoms with Gasteiger partial charge in [0.2, 0.25) is 5.91 Å². The summed E-state index contributed by atoms with van der Waals surface area (Å²) in [5.41, 5.74) is 0.730. The number of carbonyl (C=O) groups is 1. The molecule has 2 aromatic rings. The molecule has 0 aromatic heterocycles. The van der Waals surface area contributed by atoms with Crippen molar-refractivity contribution in [3.05, 3.63) is 77.4 Å². The number of rotatable bonds is 4. The lowest BCUT2D eigenvalue weighted by atomic mass is 10.2. The number of carbonyl (C=O) groups excluding carboxylic acids is 1. The van der Waals surface area contributed by atoms with Crippen LogP contribution in [0.2, 0.25) is 0 Å². The van der Waals surface area contributed by atoms with E-state index in [-0.39, 0.29) is 12.4 Å². The lowest BCUT2D eigenvalue weighted by Crippen LogP contribution is -2.20. The van der Waals surface area contributed by atoms with Gasteiger partial charge in [-0.2, -0.15) is 0 Å². The minimum Gasteiger partial charge on any atom is -0.348 e. The molecule has 2 aromatic carbocycles. The number of nitrogens with one attached hydrogen (secondary N) is 1. The first-order chi connectivity index (χ1) is 9.66. The maximum absolute atomic E-state index is 13.3. The van der Waals surface area contributed by atoms with E-state index in [1.165, 1.54) is 24.3 Å². The van der Waals surface area contributed by atoms with Crippen molar-refractivity contribution >= 4 is 12.0 Å². The van der Waals surface area contributed by atoms with Gasteiger partial charge in [0.25, 0.3) is 0 Å². The maximum atomic E-state index is 13.3. The molecular weight excluding hydrogens is 260 g/mol. The van der Waals surface area contributed by atoms with Crippen LogP contribution in [0, 0.1) is 11.6 Å². The molecule has 0 bridgehead atoms. The van der Waals surface area contributed by atoms with Crippen LogP contribution >= 0.6 is 0 Å². The summed E-state index contributed by atoms with van der Waals surface area (Å²) in [7, 11) is 0. The predicted octanol–water partition coefficient (Wildman–Crippen LogP) is 3.29. The zero-order chi connectivity index (χ0) is 14.4. The molecule has 0 saturated carbocycles. The van der Waals surface area contributed by atoms with Crippen LogP contribution in [0.4, 0.5) is 8.78 Å². The molecule has 0 atom stereocenters. The van der Waals surface area contributed by atoms with Gasteiger partial charge in [-0.25, -0.2) is 8.78 Å². The monoisotopic (exact) mass is 273 g/mol. The lowest BCUT2D eigenvalue weighted by molar-refractivity contribution is -0.116. The van der Waals surface area contributed by atoms with Crippen LogP contribution in [0.25, 0.3) is 6.08 Å². The minimum atomic E-state index is -0.406. The average molecular weight is 273 g/mol. The van der Waals surface area contributed by atoms with Gasteiger partial charge in [-0.1, -0.05) is 36.4 Å². The summed E-state index contributed by atoms with van der Waals surface area (Å²) in [6, 6.07) is 12.3. The Bertz CT molecular complexity index is 638. The number of benzene rings is 2. The molecule has 0 aliphatic rings. The summed E-state index contributed by atoms with van der Waals surface area (Å²) < 4.78 is 26.6. The SMILES string of the molecule is O=C(C=Cc1ccccc1F)NCc1ccccc1F. The molecule has 0 unspecified atom stereocenters. The molecule has 0 aliphatic heterocycles. The summed E-state index contributed by atoms with van der Waals surface area (Å²) >= 11 is 0. The Balaban J connectivity index is 1.93. The highest BCUT2D eigenvalue weighted by atomic mass is 19.1. The van der Waals surface area contributed by atoms with E-state index in [0.717, 1.165) is 0 Å². The minimum absolute atomic E-state index is 0.0904. The van der Waals surface area contributed by atoms with Crippen LogP contribution in [-0.2, 0) is 11.3 Å². The van der Waals surface area contributed by atoms with Crippen LogP contribution in [0.15, 0.2) is 54.6 Å². The molecule has 2 rings (SSSR count). The molecule has 0 fully saturated rings. The van der Waals surface area contributed by atoms with Crippen molar-refractivity contribution in [2.75, 3.05) is 0 Å². The van der Waals surface area contributed by atoms with Gasteiger partial charge in [-0.05, 0) is 18.2 Å². The molecule has 102 valence electrons. The van der Waals surface area contributed by atoms with E-state index in [4.69, 9.17) is 0 Å².